The molecule has 0 spiro atoms. The molecule has 1 aliphatic carbocycles. The van der Waals surface area contributed by atoms with Crippen LogP contribution in [-0.2, 0) is 4.79 Å². The third-order valence-corrected chi connectivity index (χ3v) is 5.94. The second kappa shape index (κ2) is 7.23. The van der Waals surface area contributed by atoms with E-state index in [4.69, 9.17) is 0 Å². The lowest BCUT2D eigenvalue weighted by molar-refractivity contribution is -0.138. The number of hydrogen-bond acceptors (Lipinski definition) is 2. The third kappa shape index (κ3) is 3.14. The van der Waals surface area contributed by atoms with Crippen molar-refractivity contribution in [2.45, 2.75) is 38.1 Å². The molecule has 2 aliphatic heterocycles. The topological polar surface area (TPSA) is 32.3 Å². The Balaban J connectivity index is 0.00000156. The van der Waals surface area contributed by atoms with Crippen LogP contribution >= 0.6 is 12.4 Å². The Morgan fingerprint density at radius 2 is 1.78 bits per heavy atom. The van der Waals surface area contributed by atoms with Crippen LogP contribution in [0.15, 0.2) is 30.3 Å². The number of nitrogens with one attached hydrogen (secondary N) is 1. The zero-order valence-electron chi connectivity index (χ0n) is 13.6. The number of fused-ring (bicyclic) bond motifs is 1. The summed E-state index contributed by atoms with van der Waals surface area (Å²) in [7, 11) is 0. The third-order valence-electron chi connectivity index (χ3n) is 5.94. The number of amides is 1. The van der Waals surface area contributed by atoms with Gasteiger partial charge in [-0.1, -0.05) is 49.6 Å². The molecule has 4 heteroatoms. The van der Waals surface area contributed by atoms with Gasteiger partial charge in [-0.3, -0.25) is 4.79 Å². The van der Waals surface area contributed by atoms with Crippen molar-refractivity contribution in [1.82, 2.24) is 10.2 Å². The van der Waals surface area contributed by atoms with Gasteiger partial charge < -0.3 is 10.2 Å². The molecule has 1 amide bonds. The zero-order valence-corrected chi connectivity index (χ0v) is 14.4. The second-order valence-electron chi connectivity index (χ2n) is 7.26. The Kier molecular flexibility index (Phi) is 5.27. The van der Waals surface area contributed by atoms with Gasteiger partial charge in [-0.2, -0.15) is 0 Å². The Morgan fingerprint density at radius 1 is 1.04 bits per heavy atom. The number of halogens is 1. The van der Waals surface area contributed by atoms with Gasteiger partial charge in [0.15, 0.2) is 0 Å². The van der Waals surface area contributed by atoms with E-state index >= 15 is 0 Å². The second-order valence-corrected chi connectivity index (χ2v) is 7.26. The van der Waals surface area contributed by atoms with Gasteiger partial charge in [0, 0.05) is 31.5 Å². The first-order valence-corrected chi connectivity index (χ1v) is 8.91. The average Bonchev–Trinajstić information content (AvgIpc) is 3.16. The van der Waals surface area contributed by atoms with Crippen molar-refractivity contribution in [1.29, 1.82) is 0 Å². The molecule has 0 aromatic heterocycles. The monoisotopic (exact) mass is 334 g/mol. The molecule has 3 nitrogen and oxygen atoms in total. The first-order valence-electron chi connectivity index (χ1n) is 8.91. The number of likely N-dealkylation sites (tertiary alicyclic amines) is 1. The fourth-order valence-corrected chi connectivity index (χ4v) is 4.81. The van der Waals surface area contributed by atoms with Gasteiger partial charge in [-0.05, 0) is 24.3 Å². The molecular weight excluding hydrogens is 308 g/mol. The van der Waals surface area contributed by atoms with E-state index in [0.717, 1.165) is 32.5 Å². The summed E-state index contributed by atoms with van der Waals surface area (Å²) in [6, 6.07) is 11.0. The minimum absolute atomic E-state index is 0. The molecule has 1 saturated carbocycles. The number of nitrogens with zero attached hydrogens (tertiary/aromatic N) is 1. The van der Waals surface area contributed by atoms with E-state index in [1.54, 1.807) is 0 Å². The molecule has 0 bridgehead atoms. The molecule has 126 valence electrons. The smallest absolute Gasteiger partial charge is 0.226 e. The van der Waals surface area contributed by atoms with Crippen molar-refractivity contribution in [3.05, 3.63) is 35.9 Å². The lowest BCUT2D eigenvalue weighted by atomic mass is 9.87. The Morgan fingerprint density at radius 3 is 2.52 bits per heavy atom. The summed E-state index contributed by atoms with van der Waals surface area (Å²) in [4.78, 5) is 15.4. The molecule has 1 aromatic carbocycles. The van der Waals surface area contributed by atoms with Crippen molar-refractivity contribution in [3.8, 4) is 0 Å². The highest BCUT2D eigenvalue weighted by Gasteiger charge is 2.47. The number of benzene rings is 1. The molecule has 3 atom stereocenters. The summed E-state index contributed by atoms with van der Waals surface area (Å²) in [5, 5.41) is 3.53. The minimum Gasteiger partial charge on any atom is -0.335 e. The van der Waals surface area contributed by atoms with E-state index in [9.17, 15) is 4.79 Å². The Labute approximate surface area is 145 Å². The maximum atomic E-state index is 13.1. The SMILES string of the molecule is Cl.O=C(C1CCCCC1)N1C[C@@H]2CNC[C@@H]2[C@H]1c1ccccc1. The number of rotatable bonds is 2. The summed E-state index contributed by atoms with van der Waals surface area (Å²) in [6.45, 7) is 3.08. The highest BCUT2D eigenvalue weighted by Crippen LogP contribution is 2.44. The van der Waals surface area contributed by atoms with E-state index < -0.39 is 0 Å². The van der Waals surface area contributed by atoms with E-state index in [0.29, 0.717) is 17.7 Å². The molecule has 0 radical (unpaired) electrons. The lowest BCUT2D eigenvalue weighted by Crippen LogP contribution is -2.39. The maximum absolute atomic E-state index is 13.1. The predicted octanol–water partition coefficient (Wildman–Crippen LogP) is 3.41. The quantitative estimate of drug-likeness (QED) is 0.899. The van der Waals surface area contributed by atoms with Crippen molar-refractivity contribution < 1.29 is 4.79 Å². The number of carbonyl (C=O) groups is 1. The fourth-order valence-electron chi connectivity index (χ4n) is 4.81. The Bertz CT molecular complexity index is 529. The molecule has 23 heavy (non-hydrogen) atoms. The van der Waals surface area contributed by atoms with Gasteiger partial charge in [0.1, 0.15) is 0 Å². The normalized spacial score (nSPS) is 30.8. The number of hydrogen-bond donors (Lipinski definition) is 1. The van der Waals surface area contributed by atoms with Crippen LogP contribution < -0.4 is 5.32 Å². The summed E-state index contributed by atoms with van der Waals surface area (Å²) < 4.78 is 0. The van der Waals surface area contributed by atoms with Crippen LogP contribution in [0.4, 0.5) is 0 Å². The first-order chi connectivity index (χ1) is 10.8. The van der Waals surface area contributed by atoms with E-state index in [1.807, 2.05) is 0 Å². The molecule has 3 aliphatic rings. The lowest BCUT2D eigenvalue weighted by Gasteiger charge is -2.32. The molecule has 2 heterocycles. The first kappa shape index (κ1) is 16.8. The predicted molar refractivity (Wildman–Crippen MR) is 94.6 cm³/mol. The van der Waals surface area contributed by atoms with E-state index in [-0.39, 0.29) is 24.4 Å². The maximum Gasteiger partial charge on any atom is 0.226 e. The summed E-state index contributed by atoms with van der Waals surface area (Å²) in [6.07, 6.45) is 5.97. The van der Waals surface area contributed by atoms with Gasteiger partial charge in [0.2, 0.25) is 5.91 Å². The number of carbonyl (C=O) groups excluding carboxylic acids is 1. The standard InChI is InChI=1S/C19H26N2O.ClH/c22-19(15-9-5-2-6-10-15)21-13-16-11-20-12-17(16)18(21)14-7-3-1-4-8-14;/h1,3-4,7-8,15-18,20H,2,5-6,9-13H2;1H/t16-,17-,18+;/m0./s1. The van der Waals surface area contributed by atoms with Crippen LogP contribution in [-0.4, -0.2) is 30.4 Å². The van der Waals surface area contributed by atoms with Crippen LogP contribution in [0.1, 0.15) is 43.7 Å². The molecule has 3 fully saturated rings. The molecule has 2 saturated heterocycles. The molecule has 1 N–H and O–H groups in total. The summed E-state index contributed by atoms with van der Waals surface area (Å²) in [5.74, 6) is 1.95. The van der Waals surface area contributed by atoms with Crippen molar-refractivity contribution in [2.75, 3.05) is 19.6 Å². The van der Waals surface area contributed by atoms with Gasteiger partial charge >= 0.3 is 0 Å². The van der Waals surface area contributed by atoms with Crippen LogP contribution in [0.3, 0.4) is 0 Å². The summed E-state index contributed by atoms with van der Waals surface area (Å²) >= 11 is 0. The highest BCUT2D eigenvalue weighted by molar-refractivity contribution is 5.85. The molecular formula is C19H27ClN2O. The van der Waals surface area contributed by atoms with E-state index in [2.05, 4.69) is 40.5 Å². The van der Waals surface area contributed by atoms with Gasteiger partial charge in [-0.25, -0.2) is 0 Å². The van der Waals surface area contributed by atoms with Crippen LogP contribution in [0.2, 0.25) is 0 Å². The van der Waals surface area contributed by atoms with Crippen molar-refractivity contribution >= 4 is 18.3 Å². The van der Waals surface area contributed by atoms with Gasteiger partial charge in [-0.15, -0.1) is 12.4 Å². The minimum atomic E-state index is 0. The molecule has 4 rings (SSSR count). The highest BCUT2D eigenvalue weighted by atomic mass is 35.5. The van der Waals surface area contributed by atoms with Crippen LogP contribution in [0.25, 0.3) is 0 Å². The molecule has 1 aromatic rings. The van der Waals surface area contributed by atoms with Crippen LogP contribution in [0, 0.1) is 17.8 Å². The molecule has 0 unspecified atom stereocenters. The summed E-state index contributed by atoms with van der Waals surface area (Å²) in [5.41, 5.74) is 1.32. The zero-order chi connectivity index (χ0) is 14.9. The largest absolute Gasteiger partial charge is 0.335 e. The van der Waals surface area contributed by atoms with Crippen LogP contribution in [0.5, 0.6) is 0 Å². The average molecular weight is 335 g/mol. The Hall–Kier alpha value is -1.06. The van der Waals surface area contributed by atoms with Gasteiger partial charge in [0.05, 0.1) is 6.04 Å². The fraction of sp³-hybridized carbons (Fsp3) is 0.632. The van der Waals surface area contributed by atoms with Gasteiger partial charge in [0.25, 0.3) is 0 Å². The van der Waals surface area contributed by atoms with Crippen molar-refractivity contribution in [2.24, 2.45) is 17.8 Å². The van der Waals surface area contributed by atoms with Crippen molar-refractivity contribution in [3.63, 3.8) is 0 Å². The van der Waals surface area contributed by atoms with E-state index in [1.165, 1.54) is 24.8 Å².